The molecule has 2 heterocycles. The number of rotatable bonds is 3. The smallest absolute Gasteiger partial charge is 0.282 e. The normalized spacial score (nSPS) is 11.4. The topological polar surface area (TPSA) is 39.8 Å². The number of para-hydroxylation sites is 2. The lowest BCUT2D eigenvalue weighted by molar-refractivity contribution is 0.827. The number of hydrogen-bond acceptors (Lipinski definition) is 2. The van der Waals surface area contributed by atoms with Crippen molar-refractivity contribution in [3.8, 4) is 16.9 Å². The first-order valence-corrected chi connectivity index (χ1v) is 9.74. The van der Waals surface area contributed by atoms with Crippen LogP contribution in [0, 0.1) is 13.8 Å². The Hall–Kier alpha value is -3.66. The molecule has 4 nitrogen and oxygen atoms in total. The summed E-state index contributed by atoms with van der Waals surface area (Å²) in [6.45, 7) is 4.78. The van der Waals surface area contributed by atoms with Gasteiger partial charge in [0.05, 0.1) is 16.8 Å². The molecule has 5 rings (SSSR count). The number of benzene rings is 3. The van der Waals surface area contributed by atoms with E-state index in [0.29, 0.717) is 12.1 Å². The molecule has 0 saturated heterocycles. The predicted molar refractivity (Wildman–Crippen MR) is 117 cm³/mol. The minimum atomic E-state index is -0.0855. The van der Waals surface area contributed by atoms with E-state index in [0.717, 1.165) is 27.8 Å². The Labute approximate surface area is 169 Å². The summed E-state index contributed by atoms with van der Waals surface area (Å²) in [4.78, 5) is 13.3. The zero-order valence-corrected chi connectivity index (χ0v) is 16.5. The molecule has 0 unspecified atom stereocenters. The average molecular weight is 379 g/mol. The maximum absolute atomic E-state index is 13.3. The highest BCUT2D eigenvalue weighted by Crippen LogP contribution is 2.29. The minimum absolute atomic E-state index is 0.0855. The number of pyridine rings is 1. The third-order valence-electron chi connectivity index (χ3n) is 5.45. The summed E-state index contributed by atoms with van der Waals surface area (Å²) < 4.78 is 3.68. The van der Waals surface area contributed by atoms with Crippen molar-refractivity contribution < 1.29 is 0 Å². The Morgan fingerprint density at radius 3 is 2.38 bits per heavy atom. The summed E-state index contributed by atoms with van der Waals surface area (Å²) in [6.07, 6.45) is 1.95. The van der Waals surface area contributed by atoms with Crippen LogP contribution in [-0.4, -0.2) is 14.3 Å². The fourth-order valence-electron chi connectivity index (χ4n) is 3.87. The average Bonchev–Trinajstić information content (AvgIpc) is 3.07. The van der Waals surface area contributed by atoms with E-state index in [-0.39, 0.29) is 5.56 Å². The molecule has 0 radical (unpaired) electrons. The highest BCUT2D eigenvalue weighted by Gasteiger charge is 2.21. The van der Waals surface area contributed by atoms with Crippen molar-refractivity contribution in [1.82, 2.24) is 14.3 Å². The second-order valence-corrected chi connectivity index (χ2v) is 7.53. The van der Waals surface area contributed by atoms with Crippen molar-refractivity contribution in [2.75, 3.05) is 0 Å². The van der Waals surface area contributed by atoms with E-state index in [9.17, 15) is 4.79 Å². The van der Waals surface area contributed by atoms with E-state index in [4.69, 9.17) is 5.10 Å². The van der Waals surface area contributed by atoms with Crippen molar-refractivity contribution >= 4 is 10.9 Å². The summed E-state index contributed by atoms with van der Waals surface area (Å²) >= 11 is 0. The molecule has 3 aromatic carbocycles. The van der Waals surface area contributed by atoms with E-state index in [2.05, 4.69) is 41.8 Å². The highest BCUT2D eigenvalue weighted by molar-refractivity contribution is 5.93. The van der Waals surface area contributed by atoms with Crippen LogP contribution in [0.15, 0.2) is 83.8 Å². The van der Waals surface area contributed by atoms with Crippen molar-refractivity contribution in [1.29, 1.82) is 0 Å². The van der Waals surface area contributed by atoms with Crippen molar-refractivity contribution in [2.45, 2.75) is 20.4 Å². The van der Waals surface area contributed by atoms with Gasteiger partial charge in [-0.3, -0.25) is 4.79 Å². The van der Waals surface area contributed by atoms with Crippen LogP contribution in [0.1, 0.15) is 16.7 Å². The molecule has 0 spiro atoms. The standard InChI is InChI=1S/C25H21N3O/c1-17-11-13-19(14-12-17)15-27-16-21-24(20-8-4-6-10-23(20)27)26-28(25(21)29)22-9-5-3-7-18(22)2/h3-14,16H,15H2,1-2H3. The molecule has 0 N–H and O–H groups in total. The maximum Gasteiger partial charge on any atom is 0.282 e. The minimum Gasteiger partial charge on any atom is -0.342 e. The van der Waals surface area contributed by atoms with Gasteiger partial charge in [0.1, 0.15) is 5.69 Å². The van der Waals surface area contributed by atoms with E-state index >= 15 is 0 Å². The van der Waals surface area contributed by atoms with Gasteiger partial charge in [-0.25, -0.2) is 0 Å². The quantitative estimate of drug-likeness (QED) is 0.445. The number of aromatic nitrogens is 3. The van der Waals surface area contributed by atoms with Crippen LogP contribution in [0.2, 0.25) is 0 Å². The van der Waals surface area contributed by atoms with Gasteiger partial charge in [-0.15, -0.1) is 0 Å². The molecule has 2 aliphatic rings. The second kappa shape index (κ2) is 6.74. The molecule has 0 amide bonds. The Morgan fingerprint density at radius 2 is 1.59 bits per heavy atom. The van der Waals surface area contributed by atoms with Crippen molar-refractivity contribution in [3.63, 3.8) is 0 Å². The summed E-state index contributed by atoms with van der Waals surface area (Å²) in [5.74, 6) is 0. The first kappa shape index (κ1) is 17.4. The number of fused-ring (bicyclic) bond motifs is 3. The predicted octanol–water partition coefficient (Wildman–Crippen LogP) is 4.96. The first-order valence-electron chi connectivity index (χ1n) is 9.74. The summed E-state index contributed by atoms with van der Waals surface area (Å²) in [5, 5.41) is 5.71. The van der Waals surface area contributed by atoms with Crippen LogP contribution in [0.4, 0.5) is 0 Å². The molecule has 142 valence electrons. The van der Waals surface area contributed by atoms with Crippen molar-refractivity contribution in [2.24, 2.45) is 0 Å². The fourth-order valence-corrected chi connectivity index (χ4v) is 3.87. The van der Waals surface area contributed by atoms with Crippen LogP contribution in [0.5, 0.6) is 0 Å². The summed E-state index contributed by atoms with van der Waals surface area (Å²) in [7, 11) is 0. The van der Waals surface area contributed by atoms with E-state index in [1.54, 1.807) is 0 Å². The molecule has 2 aliphatic heterocycles. The van der Waals surface area contributed by atoms with Crippen LogP contribution in [0.3, 0.4) is 0 Å². The van der Waals surface area contributed by atoms with Gasteiger partial charge in [0.2, 0.25) is 0 Å². The van der Waals surface area contributed by atoms with Crippen LogP contribution >= 0.6 is 0 Å². The molecule has 0 bridgehead atoms. The number of aryl methyl sites for hydroxylation is 2. The molecular weight excluding hydrogens is 358 g/mol. The summed E-state index contributed by atoms with van der Waals surface area (Å²) in [6, 6.07) is 24.5. The molecule has 0 aromatic heterocycles. The van der Waals surface area contributed by atoms with E-state index in [1.165, 1.54) is 15.8 Å². The lowest BCUT2D eigenvalue weighted by atomic mass is 10.1. The van der Waals surface area contributed by atoms with Gasteiger partial charge in [0, 0.05) is 18.1 Å². The molecule has 0 saturated carbocycles. The number of nitrogens with zero attached hydrogens (tertiary/aromatic N) is 3. The van der Waals surface area contributed by atoms with Gasteiger partial charge in [-0.2, -0.15) is 9.78 Å². The van der Waals surface area contributed by atoms with Gasteiger partial charge in [-0.1, -0.05) is 66.2 Å². The second-order valence-electron chi connectivity index (χ2n) is 7.53. The van der Waals surface area contributed by atoms with Gasteiger partial charge in [0.15, 0.2) is 0 Å². The van der Waals surface area contributed by atoms with Gasteiger partial charge < -0.3 is 4.57 Å². The van der Waals surface area contributed by atoms with Crippen molar-refractivity contribution in [3.05, 3.63) is 106 Å². The van der Waals surface area contributed by atoms with E-state index < -0.39 is 0 Å². The number of hydrogen-bond donors (Lipinski definition) is 0. The molecular formula is C25H21N3O. The summed E-state index contributed by atoms with van der Waals surface area (Å²) in [5.41, 5.74) is 6.64. The fraction of sp³-hybridized carbons (Fsp3) is 0.120. The Kier molecular flexibility index (Phi) is 4.06. The van der Waals surface area contributed by atoms with Gasteiger partial charge in [-0.05, 0) is 37.1 Å². The SMILES string of the molecule is Cc1ccc(Cn2cc3c(=O)n(-c4ccccc4C)nc-3c3ccccc32)cc1. The molecule has 3 aromatic rings. The highest BCUT2D eigenvalue weighted by atomic mass is 16.1. The van der Waals surface area contributed by atoms with Gasteiger partial charge in [0.25, 0.3) is 5.56 Å². The monoisotopic (exact) mass is 379 g/mol. The molecule has 0 fully saturated rings. The first-order chi connectivity index (χ1) is 14.1. The molecule has 29 heavy (non-hydrogen) atoms. The zero-order chi connectivity index (χ0) is 20.0. The van der Waals surface area contributed by atoms with Gasteiger partial charge >= 0.3 is 0 Å². The zero-order valence-electron chi connectivity index (χ0n) is 16.5. The Bertz CT molecular complexity index is 1360. The largest absolute Gasteiger partial charge is 0.342 e. The van der Waals surface area contributed by atoms with Crippen LogP contribution < -0.4 is 5.56 Å². The van der Waals surface area contributed by atoms with Crippen LogP contribution in [-0.2, 0) is 6.54 Å². The third-order valence-corrected chi connectivity index (χ3v) is 5.45. The maximum atomic E-state index is 13.3. The Balaban J connectivity index is 1.76. The van der Waals surface area contributed by atoms with E-state index in [1.807, 2.05) is 55.6 Å². The Morgan fingerprint density at radius 1 is 0.862 bits per heavy atom. The molecule has 4 heteroatoms. The lowest BCUT2D eigenvalue weighted by Crippen LogP contribution is -2.16. The molecule has 0 aliphatic carbocycles. The third kappa shape index (κ3) is 2.93. The lowest BCUT2D eigenvalue weighted by Gasteiger charge is -2.14. The molecule has 0 atom stereocenters. The van der Waals surface area contributed by atoms with Crippen LogP contribution in [0.25, 0.3) is 27.8 Å².